The molecule has 2 aromatic rings. The summed E-state index contributed by atoms with van der Waals surface area (Å²) in [5, 5.41) is 2.98. The molecule has 7 nitrogen and oxygen atoms in total. The van der Waals surface area contributed by atoms with Crippen LogP contribution in [0.2, 0.25) is 0 Å². The number of benzene rings is 1. The Balaban J connectivity index is 1.53. The van der Waals surface area contributed by atoms with E-state index in [0.717, 1.165) is 56.3 Å². The Morgan fingerprint density at radius 1 is 1.32 bits per heavy atom. The third-order valence-corrected chi connectivity index (χ3v) is 4.65. The van der Waals surface area contributed by atoms with Crippen molar-refractivity contribution in [1.29, 1.82) is 0 Å². The summed E-state index contributed by atoms with van der Waals surface area (Å²) in [5.41, 5.74) is 2.07. The zero-order valence-corrected chi connectivity index (χ0v) is 15.1. The van der Waals surface area contributed by atoms with Gasteiger partial charge in [-0.1, -0.05) is 12.1 Å². The van der Waals surface area contributed by atoms with Crippen LogP contribution in [-0.4, -0.2) is 71.8 Å². The number of fused-ring (bicyclic) bond motifs is 1. The average Bonchev–Trinajstić information content (AvgIpc) is 3.02. The molecular weight excluding hydrogens is 318 g/mol. The van der Waals surface area contributed by atoms with Gasteiger partial charge in [-0.3, -0.25) is 4.90 Å². The van der Waals surface area contributed by atoms with E-state index in [9.17, 15) is 4.79 Å². The highest BCUT2D eigenvalue weighted by Gasteiger charge is 2.15. The molecule has 0 spiro atoms. The van der Waals surface area contributed by atoms with Crippen molar-refractivity contribution in [3.63, 3.8) is 0 Å². The molecule has 2 amide bonds. The lowest BCUT2D eigenvalue weighted by atomic mass is 10.3. The van der Waals surface area contributed by atoms with Crippen molar-refractivity contribution in [2.75, 3.05) is 46.4 Å². The second-order valence-electron chi connectivity index (χ2n) is 6.30. The van der Waals surface area contributed by atoms with E-state index in [2.05, 4.69) is 32.8 Å². The summed E-state index contributed by atoms with van der Waals surface area (Å²) in [6, 6.07) is 7.99. The molecule has 1 saturated heterocycles. The maximum Gasteiger partial charge on any atom is 0.317 e. The Bertz CT molecular complexity index is 709. The quantitative estimate of drug-likeness (QED) is 0.862. The Hall–Kier alpha value is -2.12. The molecule has 0 bridgehead atoms. The fraction of sp³-hybridized carbons (Fsp3) is 0.556. The first-order chi connectivity index (χ1) is 12.2. The molecule has 1 aromatic carbocycles. The second kappa shape index (κ2) is 8.31. The first-order valence-electron chi connectivity index (χ1n) is 8.92. The third-order valence-electron chi connectivity index (χ3n) is 4.65. The minimum Gasteiger partial charge on any atom is -0.379 e. The molecule has 136 valence electrons. The highest BCUT2D eigenvalue weighted by molar-refractivity contribution is 5.76. The molecule has 1 aliphatic heterocycles. The summed E-state index contributed by atoms with van der Waals surface area (Å²) in [7, 11) is 1.83. The van der Waals surface area contributed by atoms with Crippen LogP contribution in [0.1, 0.15) is 12.7 Å². The van der Waals surface area contributed by atoms with Crippen molar-refractivity contribution in [2.45, 2.75) is 20.0 Å². The summed E-state index contributed by atoms with van der Waals surface area (Å²) in [6.45, 7) is 8.38. The largest absolute Gasteiger partial charge is 0.379 e. The van der Waals surface area contributed by atoms with Crippen LogP contribution in [0.25, 0.3) is 11.0 Å². The number of hydrogen-bond acceptors (Lipinski definition) is 4. The third kappa shape index (κ3) is 4.29. The number of ether oxygens (including phenoxy) is 1. The lowest BCUT2D eigenvalue weighted by Gasteiger charge is -2.28. The molecule has 1 aliphatic rings. The Morgan fingerprint density at radius 2 is 2.08 bits per heavy atom. The monoisotopic (exact) mass is 345 g/mol. The van der Waals surface area contributed by atoms with Crippen molar-refractivity contribution >= 4 is 17.1 Å². The van der Waals surface area contributed by atoms with Gasteiger partial charge in [-0.05, 0) is 19.1 Å². The average molecular weight is 345 g/mol. The highest BCUT2D eigenvalue weighted by Crippen LogP contribution is 2.15. The molecule has 0 unspecified atom stereocenters. The van der Waals surface area contributed by atoms with Gasteiger partial charge in [0.1, 0.15) is 5.82 Å². The van der Waals surface area contributed by atoms with E-state index in [1.165, 1.54) is 0 Å². The maximum absolute atomic E-state index is 12.3. The van der Waals surface area contributed by atoms with Gasteiger partial charge in [0.15, 0.2) is 0 Å². The van der Waals surface area contributed by atoms with E-state index in [1.54, 1.807) is 4.90 Å². The van der Waals surface area contributed by atoms with E-state index in [-0.39, 0.29) is 6.03 Å². The molecule has 7 heteroatoms. The van der Waals surface area contributed by atoms with Crippen LogP contribution in [0.5, 0.6) is 0 Å². The van der Waals surface area contributed by atoms with Gasteiger partial charge in [-0.15, -0.1) is 0 Å². The number of hydrogen-bond donors (Lipinski definition) is 1. The standard InChI is InChI=1S/C18H27N5O2/c1-3-23-16-7-5-4-6-15(16)20-17(23)14-19-18(24)21(2)8-9-22-10-12-25-13-11-22/h4-7H,3,8-14H2,1-2H3,(H,19,24). The van der Waals surface area contributed by atoms with Crippen LogP contribution in [0, 0.1) is 0 Å². The Labute approximate surface area is 148 Å². The molecule has 0 atom stereocenters. The second-order valence-corrected chi connectivity index (χ2v) is 6.30. The van der Waals surface area contributed by atoms with E-state index in [0.29, 0.717) is 13.1 Å². The highest BCUT2D eigenvalue weighted by atomic mass is 16.5. The van der Waals surface area contributed by atoms with Crippen LogP contribution in [0.3, 0.4) is 0 Å². The lowest BCUT2D eigenvalue weighted by molar-refractivity contribution is 0.0357. The number of aromatic nitrogens is 2. The molecule has 25 heavy (non-hydrogen) atoms. The summed E-state index contributed by atoms with van der Waals surface area (Å²) < 4.78 is 7.49. The van der Waals surface area contributed by atoms with E-state index in [1.807, 2.05) is 25.2 Å². The Morgan fingerprint density at radius 3 is 2.84 bits per heavy atom. The number of nitrogens with one attached hydrogen (secondary N) is 1. The first-order valence-corrected chi connectivity index (χ1v) is 8.92. The van der Waals surface area contributed by atoms with Gasteiger partial charge in [0.25, 0.3) is 0 Å². The maximum atomic E-state index is 12.3. The molecule has 0 radical (unpaired) electrons. The molecule has 0 aliphatic carbocycles. The number of urea groups is 1. The fourth-order valence-corrected chi connectivity index (χ4v) is 3.12. The summed E-state index contributed by atoms with van der Waals surface area (Å²) in [6.07, 6.45) is 0. The zero-order valence-electron chi connectivity index (χ0n) is 15.1. The van der Waals surface area contributed by atoms with E-state index in [4.69, 9.17) is 4.74 Å². The van der Waals surface area contributed by atoms with Gasteiger partial charge >= 0.3 is 6.03 Å². The van der Waals surface area contributed by atoms with Crippen molar-refractivity contribution in [3.8, 4) is 0 Å². The Kier molecular flexibility index (Phi) is 5.88. The van der Waals surface area contributed by atoms with Crippen LogP contribution >= 0.6 is 0 Å². The predicted molar refractivity (Wildman–Crippen MR) is 97.5 cm³/mol. The van der Waals surface area contributed by atoms with Crippen LogP contribution < -0.4 is 5.32 Å². The van der Waals surface area contributed by atoms with Crippen molar-refractivity contribution in [1.82, 2.24) is 24.7 Å². The number of carbonyl (C=O) groups is 1. The topological polar surface area (TPSA) is 62.6 Å². The molecule has 3 rings (SSSR count). The van der Waals surface area contributed by atoms with Gasteiger partial charge in [0.2, 0.25) is 0 Å². The van der Waals surface area contributed by atoms with Crippen molar-refractivity contribution in [2.24, 2.45) is 0 Å². The fourth-order valence-electron chi connectivity index (χ4n) is 3.12. The number of likely N-dealkylation sites (N-methyl/N-ethyl adjacent to an activating group) is 1. The number of amides is 2. The van der Waals surface area contributed by atoms with Gasteiger partial charge in [-0.2, -0.15) is 0 Å². The molecule has 2 heterocycles. The van der Waals surface area contributed by atoms with Crippen LogP contribution in [-0.2, 0) is 17.8 Å². The summed E-state index contributed by atoms with van der Waals surface area (Å²) >= 11 is 0. The number of aryl methyl sites for hydroxylation is 1. The number of carbonyl (C=O) groups excluding carboxylic acids is 1. The molecule has 0 saturated carbocycles. The zero-order chi connectivity index (χ0) is 17.6. The number of rotatable bonds is 6. The number of nitrogens with zero attached hydrogens (tertiary/aromatic N) is 4. The van der Waals surface area contributed by atoms with Gasteiger partial charge < -0.3 is 19.5 Å². The SMILES string of the molecule is CCn1c(CNC(=O)N(C)CCN2CCOCC2)nc2ccccc21. The normalized spacial score (nSPS) is 15.4. The summed E-state index contributed by atoms with van der Waals surface area (Å²) in [5.74, 6) is 0.888. The number of morpholine rings is 1. The minimum atomic E-state index is -0.0667. The molecular formula is C18H27N5O2. The minimum absolute atomic E-state index is 0.0667. The van der Waals surface area contributed by atoms with E-state index >= 15 is 0 Å². The van der Waals surface area contributed by atoms with Crippen molar-refractivity contribution in [3.05, 3.63) is 30.1 Å². The van der Waals surface area contributed by atoms with Gasteiger partial charge in [0, 0.05) is 39.8 Å². The molecule has 1 N–H and O–H groups in total. The molecule has 1 aromatic heterocycles. The van der Waals surface area contributed by atoms with E-state index < -0.39 is 0 Å². The van der Waals surface area contributed by atoms with Crippen LogP contribution in [0.4, 0.5) is 4.79 Å². The van der Waals surface area contributed by atoms with Crippen LogP contribution in [0.15, 0.2) is 24.3 Å². The first kappa shape index (κ1) is 17.7. The van der Waals surface area contributed by atoms with Gasteiger partial charge in [0.05, 0.1) is 30.8 Å². The van der Waals surface area contributed by atoms with Gasteiger partial charge in [-0.25, -0.2) is 9.78 Å². The number of imidazole rings is 1. The predicted octanol–water partition coefficient (Wildman–Crippen LogP) is 1.53. The summed E-state index contributed by atoms with van der Waals surface area (Å²) in [4.78, 5) is 21.0. The smallest absolute Gasteiger partial charge is 0.317 e. The molecule has 1 fully saturated rings. The number of para-hydroxylation sites is 2. The lowest BCUT2D eigenvalue weighted by Crippen LogP contribution is -2.44. The van der Waals surface area contributed by atoms with Crippen molar-refractivity contribution < 1.29 is 9.53 Å².